The topological polar surface area (TPSA) is 83.7 Å². The Kier molecular flexibility index (Phi) is 3.63. The largest absolute Gasteiger partial charge is 0.355 e. The van der Waals surface area contributed by atoms with Gasteiger partial charge in [0.15, 0.2) is 0 Å². The molecule has 1 aliphatic rings. The molecule has 4 heterocycles. The van der Waals surface area contributed by atoms with Gasteiger partial charge in [-0.3, -0.25) is 0 Å². The van der Waals surface area contributed by atoms with Crippen LogP contribution in [-0.4, -0.2) is 38.2 Å². The van der Waals surface area contributed by atoms with E-state index < -0.39 is 0 Å². The van der Waals surface area contributed by atoms with Crippen LogP contribution in [0.25, 0.3) is 22.1 Å². The van der Waals surface area contributed by atoms with Crippen LogP contribution in [0.2, 0.25) is 0 Å². The third-order valence-corrected chi connectivity index (χ3v) is 5.44. The van der Waals surface area contributed by atoms with E-state index in [1.807, 2.05) is 13.8 Å². The summed E-state index contributed by atoms with van der Waals surface area (Å²) in [5.74, 6) is 3.03. The Balaban J connectivity index is 1.52. The van der Waals surface area contributed by atoms with Gasteiger partial charge in [-0.2, -0.15) is 4.98 Å². The zero-order valence-corrected chi connectivity index (χ0v) is 15.8. The average Bonchev–Trinajstić information content (AvgIpc) is 3.26. The van der Waals surface area contributed by atoms with Crippen molar-refractivity contribution in [2.24, 2.45) is 0 Å². The zero-order valence-electron chi connectivity index (χ0n) is 15.8. The summed E-state index contributed by atoms with van der Waals surface area (Å²) in [4.78, 5) is 19.9. The van der Waals surface area contributed by atoms with Crippen molar-refractivity contribution in [2.75, 3.05) is 18.0 Å². The Bertz CT molecular complexity index is 1140. The second-order valence-electron chi connectivity index (χ2n) is 7.42. The van der Waals surface area contributed by atoms with Crippen LogP contribution in [0.3, 0.4) is 0 Å². The predicted octanol–water partition coefficient (Wildman–Crippen LogP) is 3.80. The molecule has 0 saturated carbocycles. The van der Waals surface area contributed by atoms with Gasteiger partial charge in [0.2, 0.25) is 0 Å². The zero-order chi connectivity index (χ0) is 18.5. The number of nitrogens with one attached hydrogen (secondary N) is 1. The second-order valence-corrected chi connectivity index (χ2v) is 7.42. The quantitative estimate of drug-likeness (QED) is 0.584. The number of imidazole rings is 1. The monoisotopic (exact) mass is 362 g/mol. The molecule has 1 saturated heterocycles. The summed E-state index contributed by atoms with van der Waals surface area (Å²) in [5.41, 5.74) is 4.78. The molecule has 1 aromatic carbocycles. The van der Waals surface area contributed by atoms with Gasteiger partial charge in [-0.1, -0.05) is 17.3 Å². The molecule has 5 rings (SSSR count). The fourth-order valence-corrected chi connectivity index (χ4v) is 4.08. The van der Waals surface area contributed by atoms with Gasteiger partial charge in [0.05, 0.1) is 16.7 Å². The SMILES string of the molecule is Cc1nc(N2CCC[C@@H](c3nc4c(C)cccc4[nH]3)C2)c2c(C)noc2n1. The van der Waals surface area contributed by atoms with E-state index >= 15 is 0 Å². The first-order valence-corrected chi connectivity index (χ1v) is 9.41. The molecule has 0 amide bonds. The van der Waals surface area contributed by atoms with Crippen LogP contribution in [0.4, 0.5) is 5.82 Å². The van der Waals surface area contributed by atoms with Crippen LogP contribution in [-0.2, 0) is 0 Å². The minimum absolute atomic E-state index is 0.344. The molecule has 3 aromatic heterocycles. The first kappa shape index (κ1) is 16.2. The molecule has 1 fully saturated rings. The van der Waals surface area contributed by atoms with E-state index in [-0.39, 0.29) is 0 Å². The van der Waals surface area contributed by atoms with E-state index in [0.717, 1.165) is 59.7 Å². The minimum atomic E-state index is 0.344. The molecular weight excluding hydrogens is 340 g/mol. The van der Waals surface area contributed by atoms with E-state index in [1.54, 1.807) is 0 Å². The summed E-state index contributed by atoms with van der Waals surface area (Å²) in [6.07, 6.45) is 2.21. The van der Waals surface area contributed by atoms with Gasteiger partial charge in [-0.15, -0.1) is 0 Å². The number of aromatic nitrogens is 5. The molecule has 0 radical (unpaired) electrons. The molecule has 138 valence electrons. The summed E-state index contributed by atoms with van der Waals surface area (Å²) in [6, 6.07) is 6.27. The number of aryl methyl sites for hydroxylation is 3. The van der Waals surface area contributed by atoms with Crippen LogP contribution in [0.15, 0.2) is 22.7 Å². The lowest BCUT2D eigenvalue weighted by molar-refractivity contribution is 0.442. The first-order valence-electron chi connectivity index (χ1n) is 9.41. The maximum absolute atomic E-state index is 5.38. The van der Waals surface area contributed by atoms with Gasteiger partial charge in [0.1, 0.15) is 22.9 Å². The second kappa shape index (κ2) is 6.04. The number of benzene rings is 1. The summed E-state index contributed by atoms with van der Waals surface area (Å²) in [5, 5.41) is 5.00. The van der Waals surface area contributed by atoms with Crippen molar-refractivity contribution in [1.29, 1.82) is 0 Å². The van der Waals surface area contributed by atoms with Gasteiger partial charge in [-0.05, 0) is 45.2 Å². The summed E-state index contributed by atoms with van der Waals surface area (Å²) >= 11 is 0. The third-order valence-electron chi connectivity index (χ3n) is 5.44. The number of H-pyrrole nitrogens is 1. The maximum Gasteiger partial charge on any atom is 0.263 e. The van der Waals surface area contributed by atoms with Gasteiger partial charge in [0, 0.05) is 19.0 Å². The fourth-order valence-electron chi connectivity index (χ4n) is 4.08. The lowest BCUT2D eigenvalue weighted by Crippen LogP contribution is -2.35. The van der Waals surface area contributed by atoms with Gasteiger partial charge in [-0.25, -0.2) is 9.97 Å². The minimum Gasteiger partial charge on any atom is -0.355 e. The van der Waals surface area contributed by atoms with Crippen molar-refractivity contribution in [1.82, 2.24) is 25.1 Å². The van der Waals surface area contributed by atoms with Crippen molar-refractivity contribution in [2.45, 2.75) is 39.5 Å². The Morgan fingerprint density at radius 1 is 1.15 bits per heavy atom. The summed E-state index contributed by atoms with van der Waals surface area (Å²) < 4.78 is 5.38. The van der Waals surface area contributed by atoms with Gasteiger partial charge < -0.3 is 14.4 Å². The lowest BCUT2D eigenvalue weighted by Gasteiger charge is -2.33. The molecule has 0 bridgehead atoms. The average molecular weight is 362 g/mol. The predicted molar refractivity (Wildman–Crippen MR) is 104 cm³/mol. The molecule has 4 aromatic rings. The smallest absolute Gasteiger partial charge is 0.263 e. The summed E-state index contributed by atoms with van der Waals surface area (Å²) in [7, 11) is 0. The number of hydrogen-bond acceptors (Lipinski definition) is 6. The highest BCUT2D eigenvalue weighted by atomic mass is 16.5. The summed E-state index contributed by atoms with van der Waals surface area (Å²) in [6.45, 7) is 7.78. The van der Waals surface area contributed by atoms with Crippen LogP contribution in [0.1, 0.15) is 41.7 Å². The third kappa shape index (κ3) is 2.65. The Labute approximate surface area is 156 Å². The number of fused-ring (bicyclic) bond motifs is 2. The molecule has 1 N–H and O–H groups in total. The molecule has 27 heavy (non-hydrogen) atoms. The van der Waals surface area contributed by atoms with E-state index in [2.05, 4.69) is 45.1 Å². The van der Waals surface area contributed by atoms with E-state index in [1.165, 1.54) is 5.56 Å². The highest BCUT2D eigenvalue weighted by molar-refractivity contribution is 5.88. The van der Waals surface area contributed by atoms with Gasteiger partial charge in [0.25, 0.3) is 5.71 Å². The van der Waals surface area contributed by atoms with Crippen LogP contribution >= 0.6 is 0 Å². The van der Waals surface area contributed by atoms with Gasteiger partial charge >= 0.3 is 0 Å². The van der Waals surface area contributed by atoms with E-state index in [4.69, 9.17) is 14.5 Å². The van der Waals surface area contributed by atoms with Crippen molar-refractivity contribution < 1.29 is 4.52 Å². The number of piperidine rings is 1. The first-order chi connectivity index (χ1) is 13.1. The molecule has 1 aliphatic heterocycles. The van der Waals surface area contributed by atoms with Crippen LogP contribution < -0.4 is 4.90 Å². The number of nitrogens with zero attached hydrogens (tertiary/aromatic N) is 5. The number of para-hydroxylation sites is 1. The van der Waals surface area contributed by atoms with Crippen molar-refractivity contribution in [3.8, 4) is 0 Å². The van der Waals surface area contributed by atoms with E-state index in [0.29, 0.717) is 17.5 Å². The Hall–Kier alpha value is -2.96. The number of hydrogen-bond donors (Lipinski definition) is 1. The van der Waals surface area contributed by atoms with Crippen molar-refractivity contribution >= 4 is 28.0 Å². The molecule has 1 atom stereocenters. The maximum atomic E-state index is 5.38. The fraction of sp³-hybridized carbons (Fsp3) is 0.400. The molecular formula is C20H22N6O. The Morgan fingerprint density at radius 2 is 2.04 bits per heavy atom. The number of anilines is 1. The van der Waals surface area contributed by atoms with E-state index in [9.17, 15) is 0 Å². The van der Waals surface area contributed by atoms with Crippen LogP contribution in [0, 0.1) is 20.8 Å². The normalized spacial score (nSPS) is 17.9. The molecule has 0 spiro atoms. The molecule has 0 aliphatic carbocycles. The number of aromatic amines is 1. The molecule has 0 unspecified atom stereocenters. The lowest BCUT2D eigenvalue weighted by atomic mass is 9.97. The molecule has 7 nitrogen and oxygen atoms in total. The Morgan fingerprint density at radius 3 is 2.89 bits per heavy atom. The van der Waals surface area contributed by atoms with Crippen molar-refractivity contribution in [3.63, 3.8) is 0 Å². The van der Waals surface area contributed by atoms with Crippen molar-refractivity contribution in [3.05, 3.63) is 41.1 Å². The highest BCUT2D eigenvalue weighted by Gasteiger charge is 2.27. The molecule has 7 heteroatoms. The highest BCUT2D eigenvalue weighted by Crippen LogP contribution is 2.33. The number of rotatable bonds is 2. The van der Waals surface area contributed by atoms with Crippen LogP contribution in [0.5, 0.6) is 0 Å². The standard InChI is InChI=1S/C20H22N6O/c1-11-6-4-8-15-17(11)24-18(23-15)14-7-5-9-26(10-14)19-16-12(2)25-27-20(16)22-13(3)21-19/h4,6,8,14H,5,7,9-10H2,1-3H3,(H,23,24)/t14-/m1/s1.